The molecule has 1 aromatic rings. The molecule has 0 radical (unpaired) electrons. The second-order valence-electron chi connectivity index (χ2n) is 3.49. The van der Waals surface area contributed by atoms with Gasteiger partial charge in [-0.2, -0.15) is 0 Å². The molecule has 88 valence electrons. The highest BCUT2D eigenvalue weighted by Crippen LogP contribution is 2.10. The summed E-state index contributed by atoms with van der Waals surface area (Å²) in [4.78, 5) is 11.7. The lowest BCUT2D eigenvalue weighted by molar-refractivity contribution is 0.0941. The number of para-hydroxylation sites is 1. The van der Waals surface area contributed by atoms with Crippen LogP contribution in [-0.2, 0) is 0 Å². The van der Waals surface area contributed by atoms with Crippen molar-refractivity contribution < 1.29 is 4.79 Å². The molecule has 0 aromatic heterocycles. The van der Waals surface area contributed by atoms with Gasteiger partial charge in [0.05, 0.1) is 5.56 Å². The number of nitrogens with two attached hydrogens (primary N) is 1. The lowest BCUT2D eigenvalue weighted by Gasteiger charge is -2.12. The average Bonchev–Trinajstić information content (AvgIpc) is 2.18. The van der Waals surface area contributed by atoms with Gasteiger partial charge < -0.3 is 11.1 Å². The summed E-state index contributed by atoms with van der Waals surface area (Å²) in [6, 6.07) is 7.11. The van der Waals surface area contributed by atoms with Gasteiger partial charge >= 0.3 is 0 Å². The van der Waals surface area contributed by atoms with Crippen molar-refractivity contribution in [1.29, 1.82) is 0 Å². The van der Waals surface area contributed by atoms with E-state index in [1.54, 1.807) is 30.3 Å². The quantitative estimate of drug-likeness (QED) is 0.627. The van der Waals surface area contributed by atoms with Gasteiger partial charge in [0.25, 0.3) is 5.91 Å². The number of rotatable bonds is 4. The van der Waals surface area contributed by atoms with Gasteiger partial charge in [0.1, 0.15) is 0 Å². The van der Waals surface area contributed by atoms with E-state index in [0.29, 0.717) is 11.3 Å². The first-order valence-electron chi connectivity index (χ1n) is 4.91. The Morgan fingerprint density at radius 3 is 2.75 bits per heavy atom. The molecule has 0 saturated carbocycles. The maximum absolute atomic E-state index is 11.7. The summed E-state index contributed by atoms with van der Waals surface area (Å²) in [7, 11) is 0. The molecule has 0 aliphatic rings. The molecule has 0 aliphatic carbocycles. The topological polar surface area (TPSA) is 55.1 Å². The van der Waals surface area contributed by atoms with E-state index in [1.165, 1.54) is 0 Å². The van der Waals surface area contributed by atoms with Gasteiger partial charge in [-0.25, -0.2) is 0 Å². The fraction of sp³-hybridized carbons (Fsp3) is 0.250. The van der Waals surface area contributed by atoms with Gasteiger partial charge in [-0.3, -0.25) is 4.79 Å². The van der Waals surface area contributed by atoms with Gasteiger partial charge in [-0.05, 0) is 25.5 Å². The lowest BCUT2D eigenvalue weighted by atomic mass is 10.1. The molecule has 1 aromatic carbocycles. The largest absolute Gasteiger partial charge is 0.398 e. The van der Waals surface area contributed by atoms with Gasteiger partial charge in [0, 0.05) is 11.7 Å². The number of halogens is 1. The fourth-order valence-electron chi connectivity index (χ4n) is 1.31. The van der Waals surface area contributed by atoms with Crippen LogP contribution >= 0.6 is 12.4 Å². The van der Waals surface area contributed by atoms with Crippen LogP contribution < -0.4 is 11.1 Å². The zero-order chi connectivity index (χ0) is 11.3. The third kappa shape index (κ3) is 3.95. The lowest BCUT2D eigenvalue weighted by Crippen LogP contribution is -2.32. The zero-order valence-electron chi connectivity index (χ0n) is 9.27. The minimum absolute atomic E-state index is 0. The second kappa shape index (κ2) is 6.90. The smallest absolute Gasteiger partial charge is 0.253 e. The first-order valence-corrected chi connectivity index (χ1v) is 4.91. The second-order valence-corrected chi connectivity index (χ2v) is 3.49. The summed E-state index contributed by atoms with van der Waals surface area (Å²) in [6.07, 6.45) is 2.53. The standard InChI is InChI=1S/C12H16N2O.ClH/c1-3-6-9(2)14-12(15)10-7-4-5-8-11(10)13;/h3-5,7-9H,1,6,13H2,2H3,(H,14,15);1H. The molecule has 4 heteroatoms. The summed E-state index contributed by atoms with van der Waals surface area (Å²) >= 11 is 0. The van der Waals surface area contributed by atoms with Crippen molar-refractivity contribution in [1.82, 2.24) is 5.32 Å². The molecule has 0 bridgehead atoms. The number of carbonyl (C=O) groups excluding carboxylic acids is 1. The molecule has 0 fully saturated rings. The van der Waals surface area contributed by atoms with Gasteiger partial charge in [-0.15, -0.1) is 19.0 Å². The minimum Gasteiger partial charge on any atom is -0.398 e. The molecule has 3 N–H and O–H groups in total. The van der Waals surface area contributed by atoms with Crippen LogP contribution in [0.1, 0.15) is 23.7 Å². The average molecular weight is 241 g/mol. The van der Waals surface area contributed by atoms with Crippen LogP contribution in [0.2, 0.25) is 0 Å². The Kier molecular flexibility index (Phi) is 6.27. The molecule has 3 nitrogen and oxygen atoms in total. The van der Waals surface area contributed by atoms with Crippen LogP contribution in [0.25, 0.3) is 0 Å². The zero-order valence-corrected chi connectivity index (χ0v) is 10.1. The van der Waals surface area contributed by atoms with Crippen molar-refractivity contribution in [2.24, 2.45) is 0 Å². The van der Waals surface area contributed by atoms with Crippen LogP contribution in [0.3, 0.4) is 0 Å². The predicted molar refractivity (Wildman–Crippen MR) is 69.8 cm³/mol. The van der Waals surface area contributed by atoms with Crippen LogP contribution in [0.5, 0.6) is 0 Å². The van der Waals surface area contributed by atoms with Crippen molar-refractivity contribution >= 4 is 24.0 Å². The van der Waals surface area contributed by atoms with E-state index >= 15 is 0 Å². The Morgan fingerprint density at radius 1 is 1.56 bits per heavy atom. The molecule has 1 atom stereocenters. The summed E-state index contributed by atoms with van der Waals surface area (Å²) in [5.74, 6) is -0.137. The van der Waals surface area contributed by atoms with E-state index in [2.05, 4.69) is 11.9 Å². The molecule has 1 rings (SSSR count). The number of benzene rings is 1. The number of nitrogen functional groups attached to an aromatic ring is 1. The predicted octanol–water partition coefficient (Wildman–Crippen LogP) is 2.39. The number of amides is 1. The van der Waals surface area contributed by atoms with E-state index in [-0.39, 0.29) is 24.4 Å². The first-order chi connectivity index (χ1) is 7.15. The molecule has 1 unspecified atom stereocenters. The summed E-state index contributed by atoms with van der Waals surface area (Å²) in [5, 5.41) is 2.85. The van der Waals surface area contributed by atoms with Crippen LogP contribution in [-0.4, -0.2) is 11.9 Å². The summed E-state index contributed by atoms with van der Waals surface area (Å²) in [6.45, 7) is 5.55. The van der Waals surface area contributed by atoms with Crippen molar-refractivity contribution in [2.45, 2.75) is 19.4 Å². The Morgan fingerprint density at radius 2 is 2.19 bits per heavy atom. The van der Waals surface area contributed by atoms with Crippen LogP contribution in [0.4, 0.5) is 5.69 Å². The van der Waals surface area contributed by atoms with E-state index in [4.69, 9.17) is 5.73 Å². The van der Waals surface area contributed by atoms with Crippen LogP contribution in [0.15, 0.2) is 36.9 Å². The molecular weight excluding hydrogens is 224 g/mol. The molecule has 0 heterocycles. The van der Waals surface area contributed by atoms with Gasteiger partial charge in [0.15, 0.2) is 0 Å². The molecule has 0 spiro atoms. The van der Waals surface area contributed by atoms with Gasteiger partial charge in [-0.1, -0.05) is 18.2 Å². The normalized spacial score (nSPS) is 11.1. The van der Waals surface area contributed by atoms with Crippen molar-refractivity contribution in [2.75, 3.05) is 5.73 Å². The van der Waals surface area contributed by atoms with E-state index in [0.717, 1.165) is 6.42 Å². The number of carbonyl (C=O) groups is 1. The number of nitrogens with one attached hydrogen (secondary N) is 1. The molecule has 0 aliphatic heterocycles. The highest BCUT2D eigenvalue weighted by atomic mass is 35.5. The molecule has 16 heavy (non-hydrogen) atoms. The van der Waals surface area contributed by atoms with Crippen LogP contribution in [0, 0.1) is 0 Å². The first kappa shape index (κ1) is 14.5. The minimum atomic E-state index is -0.137. The van der Waals surface area contributed by atoms with Crippen molar-refractivity contribution in [3.63, 3.8) is 0 Å². The Labute approximate surface area is 102 Å². The monoisotopic (exact) mass is 240 g/mol. The number of anilines is 1. The third-order valence-electron chi connectivity index (χ3n) is 2.10. The van der Waals surface area contributed by atoms with Crippen molar-refractivity contribution in [3.8, 4) is 0 Å². The molecule has 1 amide bonds. The van der Waals surface area contributed by atoms with E-state index in [1.807, 2.05) is 6.92 Å². The van der Waals surface area contributed by atoms with Crippen molar-refractivity contribution in [3.05, 3.63) is 42.5 Å². The summed E-state index contributed by atoms with van der Waals surface area (Å²) in [5.41, 5.74) is 6.71. The fourth-order valence-corrected chi connectivity index (χ4v) is 1.31. The number of hydrogen-bond donors (Lipinski definition) is 2. The highest BCUT2D eigenvalue weighted by Gasteiger charge is 2.10. The van der Waals surface area contributed by atoms with Gasteiger partial charge in [0.2, 0.25) is 0 Å². The maximum Gasteiger partial charge on any atom is 0.253 e. The maximum atomic E-state index is 11.7. The molecule has 0 saturated heterocycles. The highest BCUT2D eigenvalue weighted by molar-refractivity contribution is 5.99. The Hall–Kier alpha value is -1.48. The Bertz CT molecular complexity index is 366. The SMILES string of the molecule is C=CCC(C)NC(=O)c1ccccc1N.Cl. The molecular formula is C12H17ClN2O. The Balaban J connectivity index is 0.00000225. The van der Waals surface area contributed by atoms with E-state index in [9.17, 15) is 4.79 Å². The van der Waals surface area contributed by atoms with E-state index < -0.39 is 0 Å². The number of hydrogen-bond acceptors (Lipinski definition) is 2. The summed E-state index contributed by atoms with van der Waals surface area (Å²) < 4.78 is 0. The third-order valence-corrected chi connectivity index (χ3v) is 2.10.